The number of nitrogens with zero attached hydrogens (tertiary/aromatic N) is 1. The van der Waals surface area contributed by atoms with E-state index in [1.807, 2.05) is 0 Å². The predicted molar refractivity (Wildman–Crippen MR) is 77.0 cm³/mol. The van der Waals surface area contributed by atoms with E-state index in [2.05, 4.69) is 4.98 Å². The molecule has 0 saturated heterocycles. The number of aromatic nitrogens is 1. The van der Waals surface area contributed by atoms with Gasteiger partial charge in [0.15, 0.2) is 0 Å². The zero-order valence-electron chi connectivity index (χ0n) is 12.1. The first-order valence-corrected chi connectivity index (χ1v) is 6.96. The number of alkyl halides is 4. The Labute approximate surface area is 130 Å². The first-order chi connectivity index (χ1) is 10.9. The summed E-state index contributed by atoms with van der Waals surface area (Å²) in [6.07, 6.45) is -2.80. The zero-order valence-corrected chi connectivity index (χ0v) is 12.1. The Morgan fingerprint density at radius 2 is 1.87 bits per heavy atom. The van der Waals surface area contributed by atoms with E-state index in [9.17, 15) is 22.7 Å². The molecule has 1 N–H and O–H groups in total. The van der Waals surface area contributed by atoms with Gasteiger partial charge in [-0.05, 0) is 37.1 Å². The highest BCUT2D eigenvalue weighted by Crippen LogP contribution is 2.32. The van der Waals surface area contributed by atoms with Crippen molar-refractivity contribution < 1.29 is 27.4 Å². The molecule has 0 spiro atoms. The second-order valence-corrected chi connectivity index (χ2v) is 4.89. The molecule has 1 aromatic carbocycles. The van der Waals surface area contributed by atoms with Gasteiger partial charge in [0.1, 0.15) is 11.5 Å². The number of aromatic hydroxyl groups is 1. The lowest BCUT2D eigenvalue weighted by molar-refractivity contribution is -0.137. The molecule has 7 heteroatoms. The van der Waals surface area contributed by atoms with Crippen LogP contribution in [0.15, 0.2) is 36.5 Å². The van der Waals surface area contributed by atoms with Crippen LogP contribution in [0.3, 0.4) is 0 Å². The highest BCUT2D eigenvalue weighted by atomic mass is 19.4. The Bertz CT molecular complexity index is 642. The summed E-state index contributed by atoms with van der Waals surface area (Å²) in [5.74, 6) is 0.255. The van der Waals surface area contributed by atoms with E-state index in [0.717, 1.165) is 12.3 Å². The average molecular weight is 329 g/mol. The molecule has 2 aromatic rings. The highest BCUT2D eigenvalue weighted by molar-refractivity contribution is 5.63. The summed E-state index contributed by atoms with van der Waals surface area (Å²) >= 11 is 0. The molecule has 0 atom stereocenters. The minimum atomic E-state index is -4.45. The molecule has 0 unspecified atom stereocenters. The van der Waals surface area contributed by atoms with Crippen molar-refractivity contribution in [1.82, 2.24) is 4.98 Å². The number of unbranched alkanes of at least 4 members (excludes halogenated alkanes) is 1. The summed E-state index contributed by atoms with van der Waals surface area (Å²) in [5.41, 5.74) is -0.133. The quantitative estimate of drug-likeness (QED) is 0.622. The first kappa shape index (κ1) is 17.1. The second kappa shape index (κ2) is 7.30. The van der Waals surface area contributed by atoms with Crippen molar-refractivity contribution in [3.8, 4) is 22.8 Å². The van der Waals surface area contributed by atoms with Crippen LogP contribution in [0.5, 0.6) is 11.5 Å². The van der Waals surface area contributed by atoms with Gasteiger partial charge in [0.25, 0.3) is 0 Å². The van der Waals surface area contributed by atoms with Crippen LogP contribution < -0.4 is 4.74 Å². The van der Waals surface area contributed by atoms with E-state index < -0.39 is 18.4 Å². The van der Waals surface area contributed by atoms with Gasteiger partial charge in [0.2, 0.25) is 0 Å². The summed E-state index contributed by atoms with van der Waals surface area (Å²) in [6, 6.07) is 6.47. The number of ether oxygens (including phenoxy) is 1. The van der Waals surface area contributed by atoms with Gasteiger partial charge < -0.3 is 9.84 Å². The maximum atomic E-state index is 12.5. The van der Waals surface area contributed by atoms with Crippen LogP contribution in [0.25, 0.3) is 11.3 Å². The SMILES string of the molecule is Oc1cc(OCCCCF)cc(-c2ccc(C(F)(F)F)cn2)c1. The predicted octanol–water partition coefficient (Wildman–Crippen LogP) is 4.60. The molecule has 0 aliphatic heterocycles. The van der Waals surface area contributed by atoms with Crippen LogP contribution in [-0.4, -0.2) is 23.4 Å². The van der Waals surface area contributed by atoms with Crippen molar-refractivity contribution in [1.29, 1.82) is 0 Å². The number of benzene rings is 1. The molecule has 0 bridgehead atoms. The van der Waals surface area contributed by atoms with Gasteiger partial charge in [-0.2, -0.15) is 13.2 Å². The molecule has 1 aromatic heterocycles. The van der Waals surface area contributed by atoms with Gasteiger partial charge in [-0.3, -0.25) is 9.37 Å². The highest BCUT2D eigenvalue weighted by Gasteiger charge is 2.30. The van der Waals surface area contributed by atoms with E-state index in [4.69, 9.17) is 4.74 Å². The van der Waals surface area contributed by atoms with Crippen molar-refractivity contribution in [2.24, 2.45) is 0 Å². The maximum absolute atomic E-state index is 12.5. The Hall–Kier alpha value is -2.31. The summed E-state index contributed by atoms with van der Waals surface area (Å²) < 4.78 is 55.0. The van der Waals surface area contributed by atoms with Crippen LogP contribution in [0.1, 0.15) is 18.4 Å². The molecule has 0 radical (unpaired) electrons. The van der Waals surface area contributed by atoms with Gasteiger partial charge in [-0.25, -0.2) is 0 Å². The van der Waals surface area contributed by atoms with Gasteiger partial charge in [-0.15, -0.1) is 0 Å². The van der Waals surface area contributed by atoms with E-state index in [-0.39, 0.29) is 18.1 Å². The topological polar surface area (TPSA) is 42.4 Å². The fourth-order valence-corrected chi connectivity index (χ4v) is 1.93. The number of hydrogen-bond acceptors (Lipinski definition) is 3. The lowest BCUT2D eigenvalue weighted by atomic mass is 10.1. The molecule has 2 rings (SSSR count). The minimum absolute atomic E-state index is 0.0929. The Morgan fingerprint density at radius 3 is 2.48 bits per heavy atom. The minimum Gasteiger partial charge on any atom is -0.508 e. The van der Waals surface area contributed by atoms with Crippen LogP contribution >= 0.6 is 0 Å². The average Bonchev–Trinajstić information content (AvgIpc) is 2.50. The normalized spacial score (nSPS) is 11.5. The van der Waals surface area contributed by atoms with Crippen molar-refractivity contribution >= 4 is 0 Å². The third kappa shape index (κ3) is 4.84. The van der Waals surface area contributed by atoms with Crippen LogP contribution in [0.2, 0.25) is 0 Å². The summed E-state index contributed by atoms with van der Waals surface area (Å²) in [6.45, 7) is -0.141. The molecule has 1 heterocycles. The molecular weight excluding hydrogens is 314 g/mol. The summed E-state index contributed by atoms with van der Waals surface area (Å²) in [4.78, 5) is 3.77. The van der Waals surface area contributed by atoms with Gasteiger partial charge >= 0.3 is 6.18 Å². The zero-order chi connectivity index (χ0) is 16.9. The number of phenols is 1. The molecule has 0 saturated carbocycles. The van der Waals surface area contributed by atoms with Gasteiger partial charge in [0, 0.05) is 17.8 Å². The standard InChI is InChI=1S/C16H15F4NO2/c17-5-1-2-6-23-14-8-11(7-13(22)9-14)15-4-3-12(10-21-15)16(18,19)20/h3-4,7-10,22H,1-2,5-6H2. The fourth-order valence-electron chi connectivity index (χ4n) is 1.93. The third-order valence-corrected chi connectivity index (χ3v) is 3.07. The fraction of sp³-hybridized carbons (Fsp3) is 0.312. The van der Waals surface area contributed by atoms with Crippen molar-refractivity contribution in [3.63, 3.8) is 0 Å². The monoisotopic (exact) mass is 329 g/mol. The van der Waals surface area contributed by atoms with Crippen LogP contribution in [0, 0.1) is 0 Å². The number of rotatable bonds is 6. The largest absolute Gasteiger partial charge is 0.508 e. The Kier molecular flexibility index (Phi) is 5.41. The van der Waals surface area contributed by atoms with Crippen molar-refractivity contribution in [3.05, 3.63) is 42.1 Å². The lowest BCUT2D eigenvalue weighted by Crippen LogP contribution is -2.05. The van der Waals surface area contributed by atoms with Crippen LogP contribution in [-0.2, 0) is 6.18 Å². The molecule has 23 heavy (non-hydrogen) atoms. The molecular formula is C16H15F4NO2. The lowest BCUT2D eigenvalue weighted by Gasteiger charge is -2.10. The van der Waals surface area contributed by atoms with E-state index in [0.29, 0.717) is 24.2 Å². The number of pyridine rings is 1. The number of hydrogen-bond donors (Lipinski definition) is 1. The molecule has 124 valence electrons. The van der Waals surface area contributed by atoms with E-state index in [1.54, 1.807) is 6.07 Å². The molecule has 0 aliphatic rings. The van der Waals surface area contributed by atoms with Crippen molar-refractivity contribution in [2.45, 2.75) is 19.0 Å². The summed E-state index contributed by atoms with van der Waals surface area (Å²) in [5, 5.41) is 9.69. The Balaban J connectivity index is 2.17. The first-order valence-electron chi connectivity index (χ1n) is 6.96. The number of halogens is 4. The van der Waals surface area contributed by atoms with Gasteiger partial charge in [0.05, 0.1) is 24.5 Å². The summed E-state index contributed by atoms with van der Waals surface area (Å²) in [7, 11) is 0. The Morgan fingerprint density at radius 1 is 1.09 bits per heavy atom. The second-order valence-electron chi connectivity index (χ2n) is 4.89. The maximum Gasteiger partial charge on any atom is 0.417 e. The van der Waals surface area contributed by atoms with E-state index in [1.165, 1.54) is 18.2 Å². The third-order valence-electron chi connectivity index (χ3n) is 3.07. The smallest absolute Gasteiger partial charge is 0.417 e. The van der Waals surface area contributed by atoms with E-state index >= 15 is 0 Å². The molecule has 0 fully saturated rings. The molecule has 0 aliphatic carbocycles. The van der Waals surface area contributed by atoms with Crippen LogP contribution in [0.4, 0.5) is 17.6 Å². The molecule has 0 amide bonds. The van der Waals surface area contributed by atoms with Gasteiger partial charge in [-0.1, -0.05) is 0 Å². The number of phenolic OH excluding ortho intramolecular Hbond substituents is 1. The van der Waals surface area contributed by atoms with Crippen molar-refractivity contribution in [2.75, 3.05) is 13.3 Å². The molecule has 3 nitrogen and oxygen atoms in total.